The van der Waals surface area contributed by atoms with Gasteiger partial charge in [0, 0.05) is 13.2 Å². The topological polar surface area (TPSA) is 21.3 Å². The van der Waals surface area contributed by atoms with Crippen molar-refractivity contribution in [1.82, 2.24) is 5.32 Å². The lowest BCUT2D eigenvalue weighted by molar-refractivity contribution is 0.105. The number of nitrogens with one attached hydrogen (secondary N) is 1. The molecule has 0 radical (unpaired) electrons. The van der Waals surface area contributed by atoms with Crippen LogP contribution in [0, 0.1) is 5.92 Å². The van der Waals surface area contributed by atoms with E-state index >= 15 is 0 Å². The zero-order valence-corrected chi connectivity index (χ0v) is 9.72. The van der Waals surface area contributed by atoms with Gasteiger partial charge < -0.3 is 10.1 Å². The number of hydrogen-bond acceptors (Lipinski definition) is 2. The van der Waals surface area contributed by atoms with Crippen molar-refractivity contribution in [3.63, 3.8) is 0 Å². The van der Waals surface area contributed by atoms with E-state index in [1.807, 2.05) is 0 Å². The number of ether oxygens (including phenoxy) is 1. The highest BCUT2D eigenvalue weighted by Crippen LogP contribution is 2.19. The Morgan fingerprint density at radius 3 is 2.79 bits per heavy atom. The molecule has 0 aliphatic carbocycles. The Kier molecular flexibility index (Phi) is 6.20. The van der Waals surface area contributed by atoms with Crippen LogP contribution >= 0.6 is 0 Å². The molecular formula is C12H25NO. The molecule has 2 heteroatoms. The van der Waals surface area contributed by atoms with Crippen LogP contribution in [-0.4, -0.2) is 25.8 Å². The third-order valence-corrected chi connectivity index (χ3v) is 3.15. The normalized spacial score (nSPS) is 27.0. The SMILES string of the molecule is CCCCCCNCC1CCOC1C. The Hall–Kier alpha value is -0.0800. The second kappa shape index (κ2) is 7.24. The Labute approximate surface area is 88.4 Å². The van der Waals surface area contributed by atoms with E-state index in [0.717, 1.165) is 19.1 Å². The molecule has 2 nitrogen and oxygen atoms in total. The number of hydrogen-bond donors (Lipinski definition) is 1. The van der Waals surface area contributed by atoms with Gasteiger partial charge in [0.1, 0.15) is 0 Å². The van der Waals surface area contributed by atoms with Crippen LogP contribution in [0.25, 0.3) is 0 Å². The summed E-state index contributed by atoms with van der Waals surface area (Å²) >= 11 is 0. The van der Waals surface area contributed by atoms with Gasteiger partial charge in [-0.05, 0) is 32.2 Å². The molecule has 1 N–H and O–H groups in total. The molecule has 1 fully saturated rings. The first kappa shape index (κ1) is 12.0. The third kappa shape index (κ3) is 4.43. The van der Waals surface area contributed by atoms with Crippen LogP contribution in [0.1, 0.15) is 46.0 Å². The summed E-state index contributed by atoms with van der Waals surface area (Å²) in [5.74, 6) is 0.751. The molecule has 2 unspecified atom stereocenters. The zero-order valence-electron chi connectivity index (χ0n) is 9.72. The first-order valence-corrected chi connectivity index (χ1v) is 6.17. The zero-order chi connectivity index (χ0) is 10.2. The maximum Gasteiger partial charge on any atom is 0.0588 e. The van der Waals surface area contributed by atoms with Gasteiger partial charge in [0.15, 0.2) is 0 Å². The summed E-state index contributed by atoms with van der Waals surface area (Å²) in [6, 6.07) is 0. The minimum atomic E-state index is 0.471. The van der Waals surface area contributed by atoms with Crippen molar-refractivity contribution in [2.24, 2.45) is 5.92 Å². The maximum absolute atomic E-state index is 5.52. The van der Waals surface area contributed by atoms with Crippen LogP contribution in [0.15, 0.2) is 0 Å². The highest BCUT2D eigenvalue weighted by molar-refractivity contribution is 4.74. The summed E-state index contributed by atoms with van der Waals surface area (Å²) in [5, 5.41) is 3.54. The predicted octanol–water partition coefficient (Wildman–Crippen LogP) is 2.58. The first-order valence-electron chi connectivity index (χ1n) is 6.17. The van der Waals surface area contributed by atoms with Crippen LogP contribution in [0.4, 0.5) is 0 Å². The van der Waals surface area contributed by atoms with Gasteiger partial charge in [0.2, 0.25) is 0 Å². The molecule has 0 saturated carbocycles. The molecule has 0 aromatic rings. The standard InChI is InChI=1S/C12H25NO/c1-3-4-5-6-8-13-10-12-7-9-14-11(12)2/h11-13H,3-10H2,1-2H3. The van der Waals surface area contributed by atoms with E-state index in [-0.39, 0.29) is 0 Å². The van der Waals surface area contributed by atoms with E-state index in [0.29, 0.717) is 6.10 Å². The second-order valence-electron chi connectivity index (χ2n) is 4.39. The fraction of sp³-hybridized carbons (Fsp3) is 1.00. The van der Waals surface area contributed by atoms with E-state index in [2.05, 4.69) is 19.2 Å². The molecule has 1 heterocycles. The molecule has 0 bridgehead atoms. The summed E-state index contributed by atoms with van der Waals surface area (Å²) in [5.41, 5.74) is 0. The quantitative estimate of drug-likeness (QED) is 0.636. The van der Waals surface area contributed by atoms with Crippen LogP contribution in [0.2, 0.25) is 0 Å². The van der Waals surface area contributed by atoms with Crippen molar-refractivity contribution in [1.29, 1.82) is 0 Å². The van der Waals surface area contributed by atoms with Crippen molar-refractivity contribution in [2.75, 3.05) is 19.7 Å². The molecule has 1 saturated heterocycles. The molecule has 84 valence electrons. The van der Waals surface area contributed by atoms with Gasteiger partial charge in [-0.15, -0.1) is 0 Å². The highest BCUT2D eigenvalue weighted by Gasteiger charge is 2.23. The molecule has 0 aromatic carbocycles. The molecular weight excluding hydrogens is 174 g/mol. The van der Waals surface area contributed by atoms with Crippen LogP contribution < -0.4 is 5.32 Å². The van der Waals surface area contributed by atoms with Crippen molar-refractivity contribution < 1.29 is 4.74 Å². The van der Waals surface area contributed by atoms with Crippen molar-refractivity contribution in [3.8, 4) is 0 Å². The van der Waals surface area contributed by atoms with Crippen molar-refractivity contribution >= 4 is 0 Å². The molecule has 1 aliphatic heterocycles. The molecule has 0 spiro atoms. The summed E-state index contributed by atoms with van der Waals surface area (Å²) < 4.78 is 5.52. The van der Waals surface area contributed by atoms with Gasteiger partial charge in [-0.2, -0.15) is 0 Å². The lowest BCUT2D eigenvalue weighted by atomic mass is 10.0. The van der Waals surface area contributed by atoms with Crippen molar-refractivity contribution in [3.05, 3.63) is 0 Å². The summed E-state index contributed by atoms with van der Waals surface area (Å²) in [7, 11) is 0. The largest absolute Gasteiger partial charge is 0.378 e. The molecule has 2 atom stereocenters. The van der Waals surface area contributed by atoms with Gasteiger partial charge in [-0.25, -0.2) is 0 Å². The lowest BCUT2D eigenvalue weighted by Gasteiger charge is -2.14. The van der Waals surface area contributed by atoms with Gasteiger partial charge >= 0.3 is 0 Å². The fourth-order valence-corrected chi connectivity index (χ4v) is 2.01. The molecule has 0 amide bonds. The van der Waals surface area contributed by atoms with Crippen LogP contribution in [-0.2, 0) is 4.74 Å². The van der Waals surface area contributed by atoms with E-state index in [1.54, 1.807) is 0 Å². The Morgan fingerprint density at radius 2 is 2.14 bits per heavy atom. The van der Waals surface area contributed by atoms with Crippen LogP contribution in [0.3, 0.4) is 0 Å². The van der Waals surface area contributed by atoms with Gasteiger partial charge in [0.25, 0.3) is 0 Å². The minimum Gasteiger partial charge on any atom is -0.378 e. The monoisotopic (exact) mass is 199 g/mol. The highest BCUT2D eigenvalue weighted by atomic mass is 16.5. The van der Waals surface area contributed by atoms with Crippen LogP contribution in [0.5, 0.6) is 0 Å². The van der Waals surface area contributed by atoms with Gasteiger partial charge in [0.05, 0.1) is 6.10 Å². The second-order valence-corrected chi connectivity index (χ2v) is 4.39. The van der Waals surface area contributed by atoms with E-state index in [1.165, 1.54) is 38.6 Å². The Balaban J connectivity index is 1.88. The molecule has 1 rings (SSSR count). The summed E-state index contributed by atoms with van der Waals surface area (Å²) in [6.45, 7) is 7.74. The van der Waals surface area contributed by atoms with Crippen molar-refractivity contribution in [2.45, 2.75) is 52.1 Å². The predicted molar refractivity (Wildman–Crippen MR) is 60.5 cm³/mol. The van der Waals surface area contributed by atoms with Gasteiger partial charge in [-0.1, -0.05) is 26.2 Å². The van der Waals surface area contributed by atoms with E-state index in [4.69, 9.17) is 4.74 Å². The van der Waals surface area contributed by atoms with Gasteiger partial charge in [-0.3, -0.25) is 0 Å². The van der Waals surface area contributed by atoms with E-state index in [9.17, 15) is 0 Å². The minimum absolute atomic E-state index is 0.471. The smallest absolute Gasteiger partial charge is 0.0588 e. The average molecular weight is 199 g/mol. The summed E-state index contributed by atoms with van der Waals surface area (Å²) in [4.78, 5) is 0. The fourth-order valence-electron chi connectivity index (χ4n) is 2.01. The molecule has 14 heavy (non-hydrogen) atoms. The Bertz CT molecular complexity index is 138. The Morgan fingerprint density at radius 1 is 1.29 bits per heavy atom. The number of unbranched alkanes of at least 4 members (excludes halogenated alkanes) is 3. The first-order chi connectivity index (χ1) is 6.84. The maximum atomic E-state index is 5.52. The molecule has 1 aliphatic rings. The molecule has 0 aromatic heterocycles. The average Bonchev–Trinajstić information content (AvgIpc) is 2.58. The lowest BCUT2D eigenvalue weighted by Crippen LogP contribution is -2.27. The number of rotatable bonds is 7. The summed E-state index contributed by atoms with van der Waals surface area (Å²) in [6.07, 6.45) is 7.12. The van der Waals surface area contributed by atoms with E-state index < -0.39 is 0 Å². The third-order valence-electron chi connectivity index (χ3n) is 3.15.